The molecule has 2 rings (SSSR count). The van der Waals surface area contributed by atoms with Gasteiger partial charge >= 0.3 is 0 Å². The molecule has 1 atom stereocenters. The van der Waals surface area contributed by atoms with E-state index in [1.54, 1.807) is 23.5 Å². The van der Waals surface area contributed by atoms with Gasteiger partial charge in [-0.05, 0) is 46.5 Å². The third kappa shape index (κ3) is 5.01. The minimum absolute atomic E-state index is 0.201. The summed E-state index contributed by atoms with van der Waals surface area (Å²) in [5.41, 5.74) is 1.69. The summed E-state index contributed by atoms with van der Waals surface area (Å²) in [7, 11) is 0. The molecule has 110 valence electrons. The molecule has 21 heavy (non-hydrogen) atoms. The highest BCUT2D eigenvalue weighted by molar-refractivity contribution is 7.07. The normalized spacial score (nSPS) is 12.5. The maximum Gasteiger partial charge on any atom is 0.244 e. The van der Waals surface area contributed by atoms with E-state index in [1.807, 2.05) is 35.0 Å². The first-order chi connectivity index (χ1) is 10.2. The van der Waals surface area contributed by atoms with Crippen molar-refractivity contribution in [2.45, 2.75) is 12.5 Å². The Kier molecular flexibility index (Phi) is 5.99. The van der Waals surface area contributed by atoms with Gasteiger partial charge in [0, 0.05) is 17.6 Å². The summed E-state index contributed by atoms with van der Waals surface area (Å²) in [6.45, 7) is 0.419. The van der Waals surface area contributed by atoms with Crippen molar-refractivity contribution in [3.05, 3.63) is 63.3 Å². The van der Waals surface area contributed by atoms with E-state index in [1.165, 1.54) is 6.08 Å². The van der Waals surface area contributed by atoms with Gasteiger partial charge in [0.2, 0.25) is 5.91 Å². The highest BCUT2D eigenvalue weighted by atomic mass is 35.5. The highest BCUT2D eigenvalue weighted by Gasteiger charge is 2.07. The van der Waals surface area contributed by atoms with Crippen molar-refractivity contribution in [3.63, 3.8) is 0 Å². The van der Waals surface area contributed by atoms with E-state index in [4.69, 9.17) is 11.6 Å². The number of thiophene rings is 1. The number of hydrogen-bond acceptors (Lipinski definition) is 3. The average Bonchev–Trinajstić information content (AvgIpc) is 3.00. The number of rotatable bonds is 6. The molecule has 1 aromatic heterocycles. The van der Waals surface area contributed by atoms with Crippen LogP contribution >= 0.6 is 22.9 Å². The molecule has 3 nitrogen and oxygen atoms in total. The Morgan fingerprint density at radius 1 is 1.38 bits per heavy atom. The third-order valence-electron chi connectivity index (χ3n) is 2.96. The number of hydrogen-bond donors (Lipinski definition) is 2. The number of carbonyl (C=O) groups excluding carboxylic acids is 1. The van der Waals surface area contributed by atoms with Crippen molar-refractivity contribution >= 4 is 34.9 Å². The Bertz CT molecular complexity index is 610. The largest absolute Gasteiger partial charge is 0.388 e. The highest BCUT2D eigenvalue weighted by Crippen LogP contribution is 2.18. The molecule has 5 heteroatoms. The fourth-order valence-electron chi connectivity index (χ4n) is 1.80. The van der Waals surface area contributed by atoms with Crippen LogP contribution in [0, 0.1) is 0 Å². The van der Waals surface area contributed by atoms with Crippen LogP contribution in [0.2, 0.25) is 5.02 Å². The molecule has 1 aromatic carbocycles. The average molecular weight is 322 g/mol. The fraction of sp³-hybridized carbons (Fsp3) is 0.188. The number of aliphatic hydroxyl groups excluding tert-OH is 1. The van der Waals surface area contributed by atoms with Gasteiger partial charge in [0.15, 0.2) is 0 Å². The zero-order valence-corrected chi connectivity index (χ0v) is 12.9. The van der Waals surface area contributed by atoms with Crippen LogP contribution in [0.1, 0.15) is 23.7 Å². The van der Waals surface area contributed by atoms with Crippen LogP contribution in [-0.4, -0.2) is 17.6 Å². The summed E-state index contributed by atoms with van der Waals surface area (Å²) in [6, 6.07) is 9.20. The Morgan fingerprint density at radius 3 is 2.90 bits per heavy atom. The molecule has 1 unspecified atom stereocenters. The van der Waals surface area contributed by atoms with E-state index in [9.17, 15) is 9.90 Å². The maximum absolute atomic E-state index is 11.7. The molecule has 0 aliphatic heterocycles. The Hall–Kier alpha value is -1.62. The van der Waals surface area contributed by atoms with Gasteiger partial charge in [-0.25, -0.2) is 0 Å². The van der Waals surface area contributed by atoms with Gasteiger partial charge in [0.25, 0.3) is 0 Å². The van der Waals surface area contributed by atoms with Crippen LogP contribution < -0.4 is 5.32 Å². The van der Waals surface area contributed by atoms with Crippen LogP contribution in [0.15, 0.2) is 47.2 Å². The van der Waals surface area contributed by atoms with E-state index in [-0.39, 0.29) is 5.91 Å². The van der Waals surface area contributed by atoms with Crippen molar-refractivity contribution in [2.24, 2.45) is 0 Å². The molecule has 2 N–H and O–H groups in total. The molecular weight excluding hydrogens is 306 g/mol. The van der Waals surface area contributed by atoms with Crippen molar-refractivity contribution in [1.29, 1.82) is 0 Å². The van der Waals surface area contributed by atoms with E-state index in [2.05, 4.69) is 5.32 Å². The maximum atomic E-state index is 11.7. The number of amides is 1. The minimum Gasteiger partial charge on any atom is -0.388 e. The predicted octanol–water partition coefficient (Wildman–Crippen LogP) is 3.65. The fourth-order valence-corrected chi connectivity index (χ4v) is 2.70. The van der Waals surface area contributed by atoms with Crippen LogP contribution in [0.3, 0.4) is 0 Å². The topological polar surface area (TPSA) is 49.3 Å². The molecule has 1 heterocycles. The number of nitrogens with one attached hydrogen (secondary N) is 1. The first-order valence-corrected chi connectivity index (χ1v) is 7.89. The molecule has 0 aliphatic carbocycles. The monoisotopic (exact) mass is 321 g/mol. The van der Waals surface area contributed by atoms with E-state index in [0.717, 1.165) is 11.1 Å². The Morgan fingerprint density at radius 2 is 2.19 bits per heavy atom. The lowest BCUT2D eigenvalue weighted by molar-refractivity contribution is -0.116. The van der Waals surface area contributed by atoms with E-state index >= 15 is 0 Å². The lowest BCUT2D eigenvalue weighted by Crippen LogP contribution is -2.23. The summed E-state index contributed by atoms with van der Waals surface area (Å²) < 4.78 is 0. The molecule has 0 saturated heterocycles. The zero-order valence-electron chi connectivity index (χ0n) is 11.3. The summed E-state index contributed by atoms with van der Waals surface area (Å²) >= 11 is 7.54. The summed E-state index contributed by atoms with van der Waals surface area (Å²) in [6.07, 6.45) is 3.07. The van der Waals surface area contributed by atoms with Crippen LogP contribution in [0.5, 0.6) is 0 Å². The summed E-state index contributed by atoms with van der Waals surface area (Å²) in [4.78, 5) is 11.7. The number of aliphatic hydroxyl groups is 1. The molecule has 0 bridgehead atoms. The van der Waals surface area contributed by atoms with Gasteiger partial charge in [-0.1, -0.05) is 29.8 Å². The predicted molar refractivity (Wildman–Crippen MR) is 87.4 cm³/mol. The first-order valence-electron chi connectivity index (χ1n) is 6.57. The second-order valence-corrected chi connectivity index (χ2v) is 5.69. The summed E-state index contributed by atoms with van der Waals surface area (Å²) in [5, 5.41) is 17.1. The van der Waals surface area contributed by atoms with Crippen molar-refractivity contribution in [3.8, 4) is 0 Å². The van der Waals surface area contributed by atoms with Crippen LogP contribution in [0.4, 0.5) is 0 Å². The smallest absolute Gasteiger partial charge is 0.244 e. The van der Waals surface area contributed by atoms with Crippen molar-refractivity contribution < 1.29 is 9.90 Å². The minimum atomic E-state index is -0.538. The second kappa shape index (κ2) is 7.98. The quantitative estimate of drug-likeness (QED) is 0.798. The molecule has 0 saturated carbocycles. The standard InChI is InChI=1S/C16H16ClNO2S/c17-14-4-2-1-3-12(14)5-6-16(20)18-9-7-15(19)13-8-10-21-11-13/h1-6,8,10-11,15,19H,7,9H2,(H,18,20). The van der Waals surface area contributed by atoms with E-state index < -0.39 is 6.10 Å². The van der Waals surface area contributed by atoms with Crippen LogP contribution in [-0.2, 0) is 4.79 Å². The van der Waals surface area contributed by atoms with Crippen LogP contribution in [0.25, 0.3) is 6.08 Å². The zero-order chi connectivity index (χ0) is 15.1. The van der Waals surface area contributed by atoms with Gasteiger partial charge < -0.3 is 10.4 Å². The molecule has 2 aromatic rings. The van der Waals surface area contributed by atoms with Crippen molar-refractivity contribution in [1.82, 2.24) is 5.32 Å². The number of carbonyl (C=O) groups is 1. The number of halogens is 1. The molecular formula is C16H16ClNO2S. The first kappa shape index (κ1) is 15.8. The third-order valence-corrected chi connectivity index (χ3v) is 4.01. The number of benzene rings is 1. The van der Waals surface area contributed by atoms with Crippen molar-refractivity contribution in [2.75, 3.05) is 6.54 Å². The van der Waals surface area contributed by atoms with Gasteiger partial charge in [-0.2, -0.15) is 11.3 Å². The molecule has 0 aliphatic rings. The molecule has 0 spiro atoms. The summed E-state index contributed by atoms with van der Waals surface area (Å²) in [5.74, 6) is -0.201. The molecule has 0 radical (unpaired) electrons. The lowest BCUT2D eigenvalue weighted by atomic mass is 10.1. The van der Waals surface area contributed by atoms with Gasteiger partial charge in [-0.15, -0.1) is 0 Å². The molecule has 0 fully saturated rings. The van der Waals surface area contributed by atoms with E-state index in [0.29, 0.717) is 18.0 Å². The Labute approximate surface area is 132 Å². The van der Waals surface area contributed by atoms with Gasteiger partial charge in [0.05, 0.1) is 6.10 Å². The SMILES string of the molecule is O=C(C=Cc1ccccc1Cl)NCCC(O)c1ccsc1. The Balaban J connectivity index is 1.76. The second-order valence-electron chi connectivity index (χ2n) is 4.51. The molecule has 1 amide bonds. The van der Waals surface area contributed by atoms with Gasteiger partial charge in [-0.3, -0.25) is 4.79 Å². The lowest BCUT2D eigenvalue weighted by Gasteiger charge is -2.08. The van der Waals surface area contributed by atoms with Gasteiger partial charge in [0.1, 0.15) is 0 Å².